The number of carbonyl (C=O) groups is 2. The number of rotatable bonds is 5. The third kappa shape index (κ3) is 4.93. The first-order valence-corrected chi connectivity index (χ1v) is 9.88. The van der Waals surface area contributed by atoms with Gasteiger partial charge in [0.05, 0.1) is 28.2 Å². The topological polar surface area (TPSA) is 68.7 Å². The van der Waals surface area contributed by atoms with Crippen LogP contribution in [0.4, 0.5) is 0 Å². The molecule has 1 fully saturated rings. The molecule has 0 spiro atoms. The number of benzene rings is 1. The lowest BCUT2D eigenvalue weighted by atomic mass is 10.2. The fraction of sp³-hybridized carbons (Fsp3) is 0.471. The molecule has 0 unspecified atom stereocenters. The number of hydrogen-bond donors (Lipinski definition) is 0. The summed E-state index contributed by atoms with van der Waals surface area (Å²) in [5.74, 6) is -0.449. The van der Waals surface area contributed by atoms with Crippen molar-refractivity contribution in [1.29, 1.82) is 0 Å². The van der Waals surface area contributed by atoms with Crippen LogP contribution in [0.3, 0.4) is 0 Å². The van der Waals surface area contributed by atoms with Crippen molar-refractivity contribution < 1.29 is 19.1 Å². The summed E-state index contributed by atoms with van der Waals surface area (Å²) in [6, 6.07) is 7.83. The van der Waals surface area contributed by atoms with Crippen molar-refractivity contribution in [3.63, 3.8) is 0 Å². The Morgan fingerprint density at radius 2 is 2.04 bits per heavy atom. The normalized spacial score (nSPS) is 20.6. The van der Waals surface area contributed by atoms with Gasteiger partial charge in [-0.2, -0.15) is 0 Å². The van der Waals surface area contributed by atoms with Gasteiger partial charge in [-0.3, -0.25) is 9.59 Å². The predicted octanol–water partition coefficient (Wildman–Crippen LogP) is 2.57. The van der Waals surface area contributed by atoms with Crippen LogP contribution < -0.4 is 0 Å². The second-order valence-electron chi connectivity index (χ2n) is 5.95. The molecule has 2 heterocycles. The van der Waals surface area contributed by atoms with Gasteiger partial charge >= 0.3 is 5.97 Å². The van der Waals surface area contributed by atoms with E-state index in [1.54, 1.807) is 16.2 Å². The minimum absolute atomic E-state index is 0.00186. The molecule has 1 saturated heterocycles. The van der Waals surface area contributed by atoms with Crippen molar-refractivity contribution in [3.05, 3.63) is 24.3 Å². The van der Waals surface area contributed by atoms with E-state index < -0.39 is 5.97 Å². The molecule has 134 valence electrons. The Morgan fingerprint density at radius 3 is 2.76 bits per heavy atom. The highest BCUT2D eigenvalue weighted by Gasteiger charge is 2.26. The number of morpholine rings is 1. The summed E-state index contributed by atoms with van der Waals surface area (Å²) in [5, 5.41) is 0. The smallest absolute Gasteiger partial charge is 0.316 e. The number of amides is 1. The largest absolute Gasteiger partial charge is 0.455 e. The molecule has 0 aliphatic carbocycles. The second kappa shape index (κ2) is 8.16. The van der Waals surface area contributed by atoms with Crippen molar-refractivity contribution in [2.45, 2.75) is 30.4 Å². The van der Waals surface area contributed by atoms with Crippen LogP contribution in [0, 0.1) is 0 Å². The monoisotopic (exact) mass is 380 g/mol. The first-order valence-electron chi connectivity index (χ1n) is 8.08. The van der Waals surface area contributed by atoms with E-state index in [1.807, 2.05) is 38.1 Å². The van der Waals surface area contributed by atoms with E-state index in [0.29, 0.717) is 13.1 Å². The maximum absolute atomic E-state index is 12.2. The Kier molecular flexibility index (Phi) is 5.93. The van der Waals surface area contributed by atoms with Crippen LogP contribution in [0.5, 0.6) is 0 Å². The summed E-state index contributed by atoms with van der Waals surface area (Å²) in [6.45, 7) is 4.69. The first-order chi connectivity index (χ1) is 12.0. The van der Waals surface area contributed by atoms with E-state index in [4.69, 9.17) is 9.47 Å². The van der Waals surface area contributed by atoms with Crippen LogP contribution in [-0.2, 0) is 19.1 Å². The molecule has 2 atom stereocenters. The Bertz CT molecular complexity index is 721. The molecular formula is C17H20N2O4S2. The van der Waals surface area contributed by atoms with Crippen molar-refractivity contribution in [2.75, 3.05) is 25.4 Å². The average Bonchev–Trinajstić information content (AvgIpc) is 3.00. The van der Waals surface area contributed by atoms with Crippen LogP contribution in [0.1, 0.15) is 13.8 Å². The molecule has 0 bridgehead atoms. The maximum Gasteiger partial charge on any atom is 0.316 e. The molecule has 0 saturated carbocycles. The molecule has 1 amide bonds. The number of fused-ring (bicyclic) bond motifs is 1. The summed E-state index contributed by atoms with van der Waals surface area (Å²) < 4.78 is 12.6. The highest BCUT2D eigenvalue weighted by Crippen LogP contribution is 2.29. The molecule has 8 heteroatoms. The lowest BCUT2D eigenvalue weighted by molar-refractivity contribution is -0.155. The molecule has 0 radical (unpaired) electrons. The number of nitrogens with zero attached hydrogens (tertiary/aromatic N) is 2. The van der Waals surface area contributed by atoms with Crippen molar-refractivity contribution >= 4 is 45.2 Å². The van der Waals surface area contributed by atoms with Crippen molar-refractivity contribution in [2.24, 2.45) is 0 Å². The molecule has 1 aliphatic heterocycles. The number of para-hydroxylation sites is 1. The number of ether oxygens (including phenoxy) is 2. The van der Waals surface area contributed by atoms with Gasteiger partial charge in [0.2, 0.25) is 0 Å². The standard InChI is InChI=1S/C17H20N2O4S2/c1-11-7-19(8-12(2)23-11)15(20)9-22-16(21)10-24-17-18-13-5-3-4-6-14(13)25-17/h3-6,11-12H,7-10H2,1-2H3/t11-,12-/m0/s1. The fourth-order valence-corrected chi connectivity index (χ4v) is 4.56. The van der Waals surface area contributed by atoms with E-state index in [1.165, 1.54) is 11.8 Å². The Hall–Kier alpha value is -1.64. The first kappa shape index (κ1) is 18.2. The summed E-state index contributed by atoms with van der Waals surface area (Å²) in [6.07, 6.45) is -0.00372. The van der Waals surface area contributed by atoms with Gasteiger partial charge in [0.15, 0.2) is 10.9 Å². The zero-order valence-electron chi connectivity index (χ0n) is 14.1. The predicted molar refractivity (Wildman–Crippen MR) is 97.9 cm³/mol. The maximum atomic E-state index is 12.2. The third-order valence-electron chi connectivity index (χ3n) is 3.72. The van der Waals surface area contributed by atoms with Gasteiger partial charge in [-0.05, 0) is 26.0 Å². The van der Waals surface area contributed by atoms with Crippen LogP contribution in [0.15, 0.2) is 28.6 Å². The van der Waals surface area contributed by atoms with Crippen LogP contribution in [-0.4, -0.2) is 59.4 Å². The number of hydrogen-bond acceptors (Lipinski definition) is 7. The number of aromatic nitrogens is 1. The molecule has 25 heavy (non-hydrogen) atoms. The fourth-order valence-electron chi connectivity index (χ4n) is 2.69. The lowest BCUT2D eigenvalue weighted by Crippen LogP contribution is -2.49. The highest BCUT2D eigenvalue weighted by molar-refractivity contribution is 8.01. The average molecular weight is 380 g/mol. The van der Waals surface area contributed by atoms with Gasteiger partial charge in [0.1, 0.15) is 0 Å². The van der Waals surface area contributed by atoms with E-state index in [9.17, 15) is 9.59 Å². The zero-order chi connectivity index (χ0) is 17.8. The number of esters is 1. The summed E-state index contributed by atoms with van der Waals surface area (Å²) >= 11 is 2.87. The van der Waals surface area contributed by atoms with E-state index in [-0.39, 0.29) is 30.5 Å². The zero-order valence-corrected chi connectivity index (χ0v) is 15.8. The van der Waals surface area contributed by atoms with E-state index >= 15 is 0 Å². The number of thioether (sulfide) groups is 1. The van der Waals surface area contributed by atoms with Gasteiger partial charge in [-0.25, -0.2) is 4.98 Å². The molecule has 0 N–H and O–H groups in total. The summed E-state index contributed by atoms with van der Waals surface area (Å²) in [4.78, 5) is 30.2. The quantitative estimate of drug-likeness (QED) is 0.587. The summed E-state index contributed by atoms with van der Waals surface area (Å²) in [5.41, 5.74) is 0.925. The Labute approximate surface area is 154 Å². The number of thiazole rings is 1. The summed E-state index contributed by atoms with van der Waals surface area (Å²) in [7, 11) is 0. The van der Waals surface area contributed by atoms with E-state index in [2.05, 4.69) is 4.98 Å². The van der Waals surface area contributed by atoms with Gasteiger partial charge in [0.25, 0.3) is 5.91 Å². The molecular weight excluding hydrogens is 360 g/mol. The van der Waals surface area contributed by atoms with Crippen LogP contribution >= 0.6 is 23.1 Å². The van der Waals surface area contributed by atoms with E-state index in [0.717, 1.165) is 14.6 Å². The molecule has 6 nitrogen and oxygen atoms in total. The van der Waals surface area contributed by atoms with Gasteiger partial charge in [0, 0.05) is 13.1 Å². The minimum Gasteiger partial charge on any atom is -0.455 e. The lowest BCUT2D eigenvalue weighted by Gasteiger charge is -2.35. The third-order valence-corrected chi connectivity index (χ3v) is 5.87. The molecule has 2 aromatic rings. The number of carbonyl (C=O) groups excluding carboxylic acids is 2. The van der Waals surface area contributed by atoms with Crippen LogP contribution in [0.2, 0.25) is 0 Å². The molecule has 1 aliphatic rings. The Morgan fingerprint density at radius 1 is 1.32 bits per heavy atom. The molecule has 1 aromatic heterocycles. The highest BCUT2D eigenvalue weighted by atomic mass is 32.2. The molecule has 3 rings (SSSR count). The van der Waals surface area contributed by atoms with Crippen molar-refractivity contribution in [1.82, 2.24) is 9.88 Å². The van der Waals surface area contributed by atoms with Gasteiger partial charge < -0.3 is 14.4 Å². The minimum atomic E-state index is -0.410. The Balaban J connectivity index is 1.44. The van der Waals surface area contributed by atoms with Gasteiger partial charge in [-0.1, -0.05) is 23.9 Å². The van der Waals surface area contributed by atoms with Crippen LogP contribution in [0.25, 0.3) is 10.2 Å². The van der Waals surface area contributed by atoms with Crippen molar-refractivity contribution in [3.8, 4) is 0 Å². The SMILES string of the molecule is C[C@H]1CN(C(=O)COC(=O)CSc2nc3ccccc3s2)C[C@H](C)O1. The molecule has 1 aromatic carbocycles. The second-order valence-corrected chi connectivity index (χ2v) is 8.21. The van der Waals surface area contributed by atoms with Gasteiger partial charge in [-0.15, -0.1) is 11.3 Å².